The number of nitrogens with one attached hydrogen (secondary N) is 1. The number of hydrogen-bond donors (Lipinski definition) is 2. The van der Waals surface area contributed by atoms with E-state index in [1.807, 2.05) is 6.92 Å². The van der Waals surface area contributed by atoms with Crippen LogP contribution in [0.15, 0.2) is 0 Å². The van der Waals surface area contributed by atoms with Crippen LogP contribution < -0.4 is 5.32 Å². The highest BCUT2D eigenvalue weighted by Crippen LogP contribution is 1.93. The Hall–Kier alpha value is -0.220. The van der Waals surface area contributed by atoms with Crippen LogP contribution in [-0.4, -0.2) is 42.2 Å². The standard InChI is InChI=1S/C10H22N2OS/c1-4-12(5-2)8-9(3)11-10(13)6-7-14/h9,14H,4-8H2,1-3H3,(H,11,13). The van der Waals surface area contributed by atoms with E-state index < -0.39 is 0 Å². The van der Waals surface area contributed by atoms with Gasteiger partial charge in [0.05, 0.1) is 0 Å². The Kier molecular flexibility index (Phi) is 7.99. The summed E-state index contributed by atoms with van der Waals surface area (Å²) in [6.45, 7) is 9.28. The fourth-order valence-corrected chi connectivity index (χ4v) is 1.57. The third kappa shape index (κ3) is 6.27. The lowest BCUT2D eigenvalue weighted by Gasteiger charge is -2.23. The van der Waals surface area contributed by atoms with E-state index in [-0.39, 0.29) is 11.9 Å². The van der Waals surface area contributed by atoms with Gasteiger partial charge in [0, 0.05) is 19.0 Å². The lowest BCUT2D eigenvalue weighted by atomic mass is 10.3. The van der Waals surface area contributed by atoms with Crippen molar-refractivity contribution in [2.75, 3.05) is 25.4 Å². The van der Waals surface area contributed by atoms with Crippen LogP contribution in [0.1, 0.15) is 27.2 Å². The number of rotatable bonds is 7. The highest BCUT2D eigenvalue weighted by Gasteiger charge is 2.09. The molecular formula is C10H22N2OS. The highest BCUT2D eigenvalue weighted by atomic mass is 32.1. The molecule has 0 heterocycles. The molecule has 0 saturated carbocycles. The van der Waals surface area contributed by atoms with Crippen LogP contribution in [0.5, 0.6) is 0 Å². The summed E-state index contributed by atoms with van der Waals surface area (Å²) in [5, 5.41) is 2.95. The van der Waals surface area contributed by atoms with Gasteiger partial charge in [0.15, 0.2) is 0 Å². The Labute approximate surface area is 92.7 Å². The molecule has 1 N–H and O–H groups in total. The molecule has 0 saturated heterocycles. The van der Waals surface area contributed by atoms with E-state index in [2.05, 4.69) is 36.7 Å². The van der Waals surface area contributed by atoms with Gasteiger partial charge < -0.3 is 10.2 Å². The minimum atomic E-state index is 0.0969. The molecule has 4 heteroatoms. The summed E-state index contributed by atoms with van der Waals surface area (Å²) in [6, 6.07) is 0.224. The third-order valence-corrected chi connectivity index (χ3v) is 2.40. The van der Waals surface area contributed by atoms with Crippen molar-refractivity contribution in [3.8, 4) is 0 Å². The Balaban J connectivity index is 3.72. The lowest BCUT2D eigenvalue weighted by molar-refractivity contribution is -0.121. The zero-order valence-electron chi connectivity index (χ0n) is 9.42. The molecule has 84 valence electrons. The van der Waals surface area contributed by atoms with Crippen molar-refractivity contribution < 1.29 is 4.79 Å². The van der Waals surface area contributed by atoms with Gasteiger partial charge in [-0.3, -0.25) is 4.79 Å². The van der Waals surface area contributed by atoms with E-state index in [0.29, 0.717) is 12.2 Å². The van der Waals surface area contributed by atoms with E-state index in [1.165, 1.54) is 0 Å². The molecule has 0 bridgehead atoms. The van der Waals surface area contributed by atoms with Crippen LogP contribution in [0.25, 0.3) is 0 Å². The smallest absolute Gasteiger partial charge is 0.221 e. The van der Waals surface area contributed by atoms with Crippen LogP contribution in [0.2, 0.25) is 0 Å². The molecule has 0 aromatic heterocycles. The molecule has 1 amide bonds. The van der Waals surface area contributed by atoms with Crippen molar-refractivity contribution in [3.63, 3.8) is 0 Å². The van der Waals surface area contributed by atoms with E-state index in [4.69, 9.17) is 0 Å². The Bertz CT molecular complexity index is 160. The molecule has 0 rings (SSSR count). The SMILES string of the molecule is CCN(CC)CC(C)NC(=O)CCS. The highest BCUT2D eigenvalue weighted by molar-refractivity contribution is 7.80. The van der Waals surface area contributed by atoms with E-state index in [0.717, 1.165) is 19.6 Å². The first kappa shape index (κ1) is 13.8. The van der Waals surface area contributed by atoms with Crippen molar-refractivity contribution in [2.45, 2.75) is 33.2 Å². The number of thiol groups is 1. The number of hydrogen-bond acceptors (Lipinski definition) is 3. The first-order valence-corrected chi connectivity index (χ1v) is 5.89. The van der Waals surface area contributed by atoms with E-state index in [9.17, 15) is 4.79 Å². The van der Waals surface area contributed by atoms with Gasteiger partial charge in [0.25, 0.3) is 0 Å². The van der Waals surface area contributed by atoms with Crippen LogP contribution in [-0.2, 0) is 4.79 Å². The molecule has 0 aromatic carbocycles. The largest absolute Gasteiger partial charge is 0.352 e. The summed E-state index contributed by atoms with van der Waals surface area (Å²) in [6.07, 6.45) is 0.506. The second-order valence-electron chi connectivity index (χ2n) is 3.43. The van der Waals surface area contributed by atoms with Crippen LogP contribution in [0.4, 0.5) is 0 Å². The van der Waals surface area contributed by atoms with Crippen LogP contribution >= 0.6 is 12.6 Å². The summed E-state index contributed by atoms with van der Waals surface area (Å²) in [7, 11) is 0. The summed E-state index contributed by atoms with van der Waals surface area (Å²) >= 11 is 4.02. The Morgan fingerprint density at radius 3 is 2.43 bits per heavy atom. The summed E-state index contributed by atoms with van der Waals surface area (Å²) in [4.78, 5) is 13.5. The molecular weight excluding hydrogens is 196 g/mol. The van der Waals surface area contributed by atoms with Gasteiger partial charge in [0.1, 0.15) is 0 Å². The molecule has 14 heavy (non-hydrogen) atoms. The number of carbonyl (C=O) groups is 1. The number of amides is 1. The van der Waals surface area contributed by atoms with Crippen molar-refractivity contribution >= 4 is 18.5 Å². The minimum Gasteiger partial charge on any atom is -0.352 e. The molecule has 0 radical (unpaired) electrons. The molecule has 0 fully saturated rings. The van der Waals surface area contributed by atoms with Gasteiger partial charge in [-0.15, -0.1) is 0 Å². The van der Waals surface area contributed by atoms with Crippen LogP contribution in [0, 0.1) is 0 Å². The van der Waals surface area contributed by atoms with Gasteiger partial charge in [-0.05, 0) is 25.8 Å². The molecule has 1 unspecified atom stereocenters. The van der Waals surface area contributed by atoms with Crippen molar-refractivity contribution in [1.82, 2.24) is 10.2 Å². The minimum absolute atomic E-state index is 0.0969. The summed E-state index contributed by atoms with van der Waals surface area (Å²) in [5.41, 5.74) is 0. The van der Waals surface area contributed by atoms with Gasteiger partial charge in [0.2, 0.25) is 5.91 Å². The van der Waals surface area contributed by atoms with Gasteiger partial charge in [-0.25, -0.2) is 0 Å². The first-order chi connectivity index (χ1) is 6.63. The first-order valence-electron chi connectivity index (χ1n) is 5.26. The van der Waals surface area contributed by atoms with Gasteiger partial charge >= 0.3 is 0 Å². The van der Waals surface area contributed by atoms with Crippen molar-refractivity contribution in [2.24, 2.45) is 0 Å². The Morgan fingerprint density at radius 2 is 2.00 bits per heavy atom. The lowest BCUT2D eigenvalue weighted by Crippen LogP contribution is -2.41. The Morgan fingerprint density at radius 1 is 1.43 bits per heavy atom. The average molecular weight is 218 g/mol. The maximum Gasteiger partial charge on any atom is 0.221 e. The van der Waals surface area contributed by atoms with E-state index >= 15 is 0 Å². The fourth-order valence-electron chi connectivity index (χ4n) is 1.36. The average Bonchev–Trinajstić information content (AvgIpc) is 2.14. The topological polar surface area (TPSA) is 32.3 Å². The number of carbonyl (C=O) groups excluding carboxylic acids is 1. The maximum absolute atomic E-state index is 11.2. The summed E-state index contributed by atoms with van der Waals surface area (Å²) in [5.74, 6) is 0.712. The monoisotopic (exact) mass is 218 g/mol. The second kappa shape index (κ2) is 8.12. The van der Waals surface area contributed by atoms with Crippen molar-refractivity contribution in [3.05, 3.63) is 0 Å². The van der Waals surface area contributed by atoms with Gasteiger partial charge in [-0.2, -0.15) is 12.6 Å². The predicted octanol–water partition coefficient (Wildman–Crippen LogP) is 1.15. The van der Waals surface area contributed by atoms with E-state index in [1.54, 1.807) is 0 Å². The number of likely N-dealkylation sites (N-methyl/N-ethyl adjacent to an activating group) is 1. The quantitative estimate of drug-likeness (QED) is 0.628. The molecule has 3 nitrogen and oxygen atoms in total. The zero-order valence-corrected chi connectivity index (χ0v) is 10.3. The molecule has 1 atom stereocenters. The predicted molar refractivity (Wildman–Crippen MR) is 63.9 cm³/mol. The molecule has 0 aliphatic heterocycles. The maximum atomic E-state index is 11.2. The fraction of sp³-hybridized carbons (Fsp3) is 0.900. The third-order valence-electron chi connectivity index (χ3n) is 2.17. The normalized spacial score (nSPS) is 12.9. The zero-order chi connectivity index (χ0) is 11.0. The molecule has 0 aromatic rings. The number of nitrogens with zero attached hydrogens (tertiary/aromatic N) is 1. The van der Waals surface area contributed by atoms with Gasteiger partial charge in [-0.1, -0.05) is 13.8 Å². The molecule has 0 aliphatic rings. The second-order valence-corrected chi connectivity index (χ2v) is 3.88. The van der Waals surface area contributed by atoms with Crippen molar-refractivity contribution in [1.29, 1.82) is 0 Å². The summed E-state index contributed by atoms with van der Waals surface area (Å²) < 4.78 is 0. The molecule has 0 spiro atoms. The molecule has 0 aliphatic carbocycles. The van der Waals surface area contributed by atoms with Crippen LogP contribution in [0.3, 0.4) is 0 Å².